The van der Waals surface area contributed by atoms with Gasteiger partial charge in [-0.1, -0.05) is 0 Å². The molecule has 8 heteroatoms. The second-order valence-electron chi connectivity index (χ2n) is 5.81. The molecule has 6 nitrogen and oxygen atoms in total. The van der Waals surface area contributed by atoms with Gasteiger partial charge in [0.1, 0.15) is 11.8 Å². The first-order valence-corrected chi connectivity index (χ1v) is 7.75. The zero-order valence-corrected chi connectivity index (χ0v) is 13.2. The number of piperidine rings is 1. The summed E-state index contributed by atoms with van der Waals surface area (Å²) in [6, 6.07) is 6.38. The number of fused-ring (bicyclic) bond motifs is 1. The van der Waals surface area contributed by atoms with Crippen molar-refractivity contribution in [3.05, 3.63) is 30.0 Å². The number of benzene rings is 1. The summed E-state index contributed by atoms with van der Waals surface area (Å²) in [4.78, 5) is 17.3. The molecule has 3 rings (SSSR count). The first kappa shape index (κ1) is 16.9. The molecule has 1 aliphatic heterocycles. The van der Waals surface area contributed by atoms with Gasteiger partial charge < -0.3 is 14.7 Å². The minimum absolute atomic E-state index is 0.0348. The Bertz CT molecular complexity index is 851. The molecule has 1 aromatic heterocycles. The molecule has 130 valence electrons. The number of carboxylic acid groups (broad SMARTS) is 1. The maximum Gasteiger partial charge on any atom is 0.387 e. The lowest BCUT2D eigenvalue weighted by molar-refractivity contribution is -0.141. The molecule has 1 fully saturated rings. The normalized spacial score (nSPS) is 17.5. The molecule has 2 heterocycles. The average Bonchev–Trinajstić information content (AvgIpc) is 2.60. The molecule has 1 atom stereocenters. The summed E-state index contributed by atoms with van der Waals surface area (Å²) in [6.07, 6.45) is 2.64. The van der Waals surface area contributed by atoms with Crippen molar-refractivity contribution in [2.45, 2.75) is 19.5 Å². The van der Waals surface area contributed by atoms with Crippen LogP contribution in [0.15, 0.2) is 24.4 Å². The van der Waals surface area contributed by atoms with E-state index in [2.05, 4.69) is 9.72 Å². The van der Waals surface area contributed by atoms with Gasteiger partial charge in [0, 0.05) is 24.7 Å². The second kappa shape index (κ2) is 6.89. The Morgan fingerprint density at radius 1 is 1.48 bits per heavy atom. The Kier molecular flexibility index (Phi) is 4.65. The molecule has 0 spiro atoms. The lowest BCUT2D eigenvalue weighted by Gasteiger charge is -2.33. The highest BCUT2D eigenvalue weighted by molar-refractivity contribution is 5.95. The Morgan fingerprint density at radius 2 is 2.28 bits per heavy atom. The first-order valence-electron chi connectivity index (χ1n) is 7.75. The molecule has 0 aliphatic carbocycles. The van der Waals surface area contributed by atoms with Crippen molar-refractivity contribution in [2.75, 3.05) is 18.0 Å². The molecular formula is C17H15F2N3O3. The summed E-state index contributed by atoms with van der Waals surface area (Å²) in [5.74, 6) is -1.46. The molecule has 0 saturated carbocycles. The number of aromatic nitrogens is 1. The van der Waals surface area contributed by atoms with E-state index in [0.717, 1.165) is 0 Å². The zero-order valence-electron chi connectivity index (χ0n) is 13.2. The summed E-state index contributed by atoms with van der Waals surface area (Å²) in [5, 5.41) is 19.2. The van der Waals surface area contributed by atoms with Gasteiger partial charge in [0.15, 0.2) is 0 Å². The number of halogens is 2. The number of carboxylic acids is 1. The van der Waals surface area contributed by atoms with Crippen LogP contribution in [0.4, 0.5) is 14.5 Å². The Morgan fingerprint density at radius 3 is 2.96 bits per heavy atom. The monoisotopic (exact) mass is 347 g/mol. The van der Waals surface area contributed by atoms with Crippen LogP contribution in [0.1, 0.15) is 18.4 Å². The van der Waals surface area contributed by atoms with Gasteiger partial charge in [-0.15, -0.1) is 0 Å². The summed E-state index contributed by atoms with van der Waals surface area (Å²) < 4.78 is 29.4. The van der Waals surface area contributed by atoms with Crippen LogP contribution in [0.5, 0.6) is 5.75 Å². The topological polar surface area (TPSA) is 86.5 Å². The van der Waals surface area contributed by atoms with Gasteiger partial charge in [0.25, 0.3) is 0 Å². The largest absolute Gasteiger partial charge is 0.481 e. The minimum atomic E-state index is -2.96. The van der Waals surface area contributed by atoms with Crippen LogP contribution >= 0.6 is 0 Å². The third kappa shape index (κ3) is 3.45. The van der Waals surface area contributed by atoms with Crippen molar-refractivity contribution in [3.8, 4) is 11.8 Å². The number of carbonyl (C=O) groups is 1. The Hall–Kier alpha value is -2.95. The summed E-state index contributed by atoms with van der Waals surface area (Å²) in [6.45, 7) is -2.13. The van der Waals surface area contributed by atoms with Crippen LogP contribution in [-0.4, -0.2) is 35.8 Å². The fraction of sp³-hybridized carbons (Fsp3) is 0.353. The van der Waals surface area contributed by atoms with Gasteiger partial charge in [-0.2, -0.15) is 14.0 Å². The number of aliphatic carboxylic acids is 1. The summed E-state index contributed by atoms with van der Waals surface area (Å²) in [7, 11) is 0. The smallest absolute Gasteiger partial charge is 0.387 e. The van der Waals surface area contributed by atoms with E-state index in [0.29, 0.717) is 36.0 Å². The minimum Gasteiger partial charge on any atom is -0.481 e. The number of hydrogen-bond donors (Lipinski definition) is 1. The van der Waals surface area contributed by atoms with Crippen LogP contribution in [-0.2, 0) is 4.79 Å². The van der Waals surface area contributed by atoms with Crippen molar-refractivity contribution < 1.29 is 23.4 Å². The van der Waals surface area contributed by atoms with E-state index in [1.165, 1.54) is 24.4 Å². The number of pyridine rings is 1. The van der Waals surface area contributed by atoms with Gasteiger partial charge in [0.05, 0.1) is 22.7 Å². The Balaban J connectivity index is 2.10. The maximum atomic E-state index is 12.5. The number of anilines is 1. The molecule has 0 bridgehead atoms. The fourth-order valence-electron chi connectivity index (χ4n) is 3.14. The van der Waals surface area contributed by atoms with E-state index in [1.807, 2.05) is 11.0 Å². The average molecular weight is 347 g/mol. The van der Waals surface area contributed by atoms with E-state index in [9.17, 15) is 23.9 Å². The standard InChI is InChI=1S/C17H15F2N3O3/c18-17(19)25-12-3-4-14-13(6-12)15(11(7-20)8-21-14)22-5-1-2-10(9-22)16(23)24/h3-4,6,8,10,17H,1-2,5,9H2,(H,23,24). The molecule has 0 amide bonds. The number of nitrogens with zero attached hydrogens (tertiary/aromatic N) is 3. The molecule has 1 N–H and O–H groups in total. The van der Waals surface area contributed by atoms with Gasteiger partial charge in [-0.3, -0.25) is 9.78 Å². The molecular weight excluding hydrogens is 332 g/mol. The lowest BCUT2D eigenvalue weighted by atomic mass is 9.96. The number of nitriles is 1. The molecule has 2 aromatic rings. The van der Waals surface area contributed by atoms with Gasteiger partial charge in [-0.05, 0) is 31.0 Å². The second-order valence-corrected chi connectivity index (χ2v) is 5.81. The number of ether oxygens (including phenoxy) is 1. The van der Waals surface area contributed by atoms with Crippen molar-refractivity contribution in [1.82, 2.24) is 4.98 Å². The van der Waals surface area contributed by atoms with E-state index in [1.54, 1.807) is 0 Å². The number of alkyl halides is 2. The predicted octanol–water partition coefficient (Wildman–Crippen LogP) is 3.01. The molecule has 1 aliphatic rings. The molecule has 1 aromatic carbocycles. The predicted molar refractivity (Wildman–Crippen MR) is 85.7 cm³/mol. The van der Waals surface area contributed by atoms with Crippen LogP contribution in [0.25, 0.3) is 10.9 Å². The number of rotatable bonds is 4. The third-order valence-corrected chi connectivity index (χ3v) is 4.24. The van der Waals surface area contributed by atoms with Crippen molar-refractivity contribution in [2.24, 2.45) is 5.92 Å². The SMILES string of the molecule is N#Cc1cnc2ccc(OC(F)F)cc2c1N1CCCC(C(=O)O)C1. The number of hydrogen-bond acceptors (Lipinski definition) is 5. The van der Waals surface area contributed by atoms with Crippen LogP contribution in [0.2, 0.25) is 0 Å². The van der Waals surface area contributed by atoms with E-state index >= 15 is 0 Å². The summed E-state index contributed by atoms with van der Waals surface area (Å²) in [5.41, 5.74) is 1.30. The molecule has 1 saturated heterocycles. The lowest BCUT2D eigenvalue weighted by Crippen LogP contribution is -2.39. The van der Waals surface area contributed by atoms with Crippen LogP contribution in [0.3, 0.4) is 0 Å². The highest BCUT2D eigenvalue weighted by Gasteiger charge is 2.28. The quantitative estimate of drug-likeness (QED) is 0.915. The third-order valence-electron chi connectivity index (χ3n) is 4.24. The van der Waals surface area contributed by atoms with Gasteiger partial charge >= 0.3 is 12.6 Å². The highest BCUT2D eigenvalue weighted by Crippen LogP contribution is 2.34. The first-order chi connectivity index (χ1) is 12.0. The van der Waals surface area contributed by atoms with Gasteiger partial charge in [0.2, 0.25) is 0 Å². The van der Waals surface area contributed by atoms with Crippen molar-refractivity contribution in [3.63, 3.8) is 0 Å². The summed E-state index contributed by atoms with van der Waals surface area (Å²) >= 11 is 0. The Labute approximate surface area is 142 Å². The van der Waals surface area contributed by atoms with E-state index in [4.69, 9.17) is 0 Å². The van der Waals surface area contributed by atoms with Crippen LogP contribution in [0, 0.1) is 17.2 Å². The zero-order chi connectivity index (χ0) is 18.0. The maximum absolute atomic E-state index is 12.5. The highest BCUT2D eigenvalue weighted by atomic mass is 19.3. The van der Waals surface area contributed by atoms with E-state index < -0.39 is 18.5 Å². The molecule has 0 radical (unpaired) electrons. The molecule has 25 heavy (non-hydrogen) atoms. The fourth-order valence-corrected chi connectivity index (χ4v) is 3.14. The van der Waals surface area contributed by atoms with Crippen molar-refractivity contribution in [1.29, 1.82) is 5.26 Å². The van der Waals surface area contributed by atoms with E-state index in [-0.39, 0.29) is 17.9 Å². The van der Waals surface area contributed by atoms with Crippen LogP contribution < -0.4 is 9.64 Å². The molecule has 1 unspecified atom stereocenters. The van der Waals surface area contributed by atoms with Gasteiger partial charge in [-0.25, -0.2) is 0 Å². The van der Waals surface area contributed by atoms with Crippen molar-refractivity contribution >= 4 is 22.6 Å².